The topological polar surface area (TPSA) is 252 Å². The van der Waals surface area contributed by atoms with Gasteiger partial charge in [-0.15, -0.1) is 0 Å². The van der Waals surface area contributed by atoms with Crippen LogP contribution in [0.1, 0.15) is 32.1 Å². The van der Waals surface area contributed by atoms with Crippen molar-refractivity contribution in [2.75, 3.05) is 30.6 Å². The first-order valence-corrected chi connectivity index (χ1v) is 13.9. The Bertz CT molecular complexity index is 782. The van der Waals surface area contributed by atoms with Crippen LogP contribution in [0.4, 0.5) is 0 Å². The van der Waals surface area contributed by atoms with E-state index in [2.05, 4.69) is 20.9 Å². The van der Waals surface area contributed by atoms with Crippen LogP contribution >= 0.6 is 23.5 Å². The van der Waals surface area contributed by atoms with Crippen molar-refractivity contribution < 1.29 is 34.2 Å². The van der Waals surface area contributed by atoms with E-state index in [9.17, 15) is 34.2 Å². The van der Waals surface area contributed by atoms with Gasteiger partial charge in [-0.2, -0.15) is 23.5 Å². The summed E-state index contributed by atoms with van der Waals surface area (Å²) >= 11 is 2.88. The Kier molecular flexibility index (Phi) is 17.1. The molecule has 0 aliphatic rings. The van der Waals surface area contributed by atoms with Crippen molar-refractivity contribution >= 4 is 59.1 Å². The minimum Gasteiger partial charge on any atom is -0.481 e. The number of carboxylic acids is 2. The van der Waals surface area contributed by atoms with Gasteiger partial charge in [-0.3, -0.25) is 24.2 Å². The van der Waals surface area contributed by atoms with Gasteiger partial charge < -0.3 is 43.4 Å². The molecule has 0 aliphatic heterocycles. The zero-order valence-corrected chi connectivity index (χ0v) is 22.0. The van der Waals surface area contributed by atoms with E-state index in [4.69, 9.17) is 17.2 Å². The Morgan fingerprint density at radius 3 is 1.86 bits per heavy atom. The highest BCUT2D eigenvalue weighted by molar-refractivity contribution is 7.98. The third kappa shape index (κ3) is 14.6. The summed E-state index contributed by atoms with van der Waals surface area (Å²) in [6, 6.07) is -4.88. The molecular weight excluding hydrogens is 514 g/mol. The smallest absolute Gasteiger partial charge is 0.326 e. The number of carbonyl (C=O) groups is 5. The van der Waals surface area contributed by atoms with Crippen LogP contribution in [-0.2, 0) is 24.0 Å². The van der Waals surface area contributed by atoms with Crippen molar-refractivity contribution in [1.82, 2.24) is 16.0 Å². The highest BCUT2D eigenvalue weighted by atomic mass is 32.2. The number of hydrogen-bond donors (Lipinski definition) is 8. The SMILES string of the molecule is CSCCC(N)C(=O)NC(CC(=O)O)C(=O)NC(CCCN=C(N)N)C(=O)NC(CCSC)C(=O)O. The van der Waals surface area contributed by atoms with Crippen molar-refractivity contribution in [1.29, 1.82) is 0 Å². The van der Waals surface area contributed by atoms with Gasteiger partial charge in [0.05, 0.1) is 12.5 Å². The second kappa shape index (κ2) is 18.5. The van der Waals surface area contributed by atoms with E-state index >= 15 is 0 Å². The van der Waals surface area contributed by atoms with E-state index in [0.29, 0.717) is 17.9 Å². The monoisotopic (exact) mass is 551 g/mol. The molecule has 0 aromatic rings. The van der Waals surface area contributed by atoms with E-state index < -0.39 is 60.2 Å². The van der Waals surface area contributed by atoms with Crippen LogP contribution < -0.4 is 33.2 Å². The van der Waals surface area contributed by atoms with Crippen molar-refractivity contribution in [2.24, 2.45) is 22.2 Å². The number of nitrogens with one attached hydrogen (secondary N) is 3. The molecule has 0 rings (SSSR count). The molecule has 0 radical (unpaired) electrons. The summed E-state index contributed by atoms with van der Waals surface area (Å²) in [5, 5.41) is 25.7. The lowest BCUT2D eigenvalue weighted by Gasteiger charge is -2.24. The number of hydrogen-bond acceptors (Lipinski definition) is 9. The number of guanidine groups is 1. The summed E-state index contributed by atoms with van der Waals surface area (Å²) in [6.45, 7) is 0.135. The first-order valence-electron chi connectivity index (χ1n) is 11.1. The number of amides is 3. The van der Waals surface area contributed by atoms with Gasteiger partial charge in [0.1, 0.15) is 18.1 Å². The summed E-state index contributed by atoms with van der Waals surface area (Å²) in [5.74, 6) is -4.11. The quantitative estimate of drug-likeness (QED) is 0.0487. The summed E-state index contributed by atoms with van der Waals surface area (Å²) in [7, 11) is 0. The first-order chi connectivity index (χ1) is 16.9. The number of carbonyl (C=O) groups excluding carboxylic acids is 3. The minimum absolute atomic E-state index is 0.0181. The standard InChI is InChI=1S/C20H37N7O7S2/c1-35-8-5-11(21)16(30)27-14(10-15(28)29)18(32)25-12(4-3-7-24-20(22)23)17(31)26-13(19(33)34)6-9-36-2/h11-14H,3-10,21H2,1-2H3,(H,25,32)(H,26,31)(H,27,30)(H,28,29)(H,33,34)(H4,22,23,24). The van der Waals surface area contributed by atoms with Crippen LogP contribution in [-0.4, -0.2) is 101 Å². The fourth-order valence-corrected chi connectivity index (χ4v) is 3.81. The van der Waals surface area contributed by atoms with Crippen LogP contribution in [0.3, 0.4) is 0 Å². The Morgan fingerprint density at radius 1 is 0.806 bits per heavy atom. The number of rotatable bonds is 19. The summed E-state index contributed by atoms with van der Waals surface area (Å²) in [4.78, 5) is 64.8. The third-order valence-corrected chi connectivity index (χ3v) is 6.07. The lowest BCUT2D eigenvalue weighted by atomic mass is 10.1. The maximum atomic E-state index is 12.9. The van der Waals surface area contributed by atoms with Crippen LogP contribution in [0.2, 0.25) is 0 Å². The highest BCUT2D eigenvalue weighted by Gasteiger charge is 2.31. The minimum atomic E-state index is -1.50. The van der Waals surface area contributed by atoms with E-state index in [1.165, 1.54) is 23.5 Å². The number of carboxylic acid groups (broad SMARTS) is 2. The zero-order chi connectivity index (χ0) is 27.7. The van der Waals surface area contributed by atoms with Crippen molar-refractivity contribution in [3.05, 3.63) is 0 Å². The van der Waals surface area contributed by atoms with Gasteiger partial charge in [0, 0.05) is 6.54 Å². The molecule has 0 heterocycles. The molecule has 0 aliphatic carbocycles. The van der Waals surface area contributed by atoms with Crippen LogP contribution in [0.5, 0.6) is 0 Å². The van der Waals surface area contributed by atoms with Crippen molar-refractivity contribution in [3.63, 3.8) is 0 Å². The van der Waals surface area contributed by atoms with E-state index in [1.807, 2.05) is 6.26 Å². The second-order valence-corrected chi connectivity index (χ2v) is 9.71. The number of nitrogens with two attached hydrogens (primary N) is 3. The second-order valence-electron chi connectivity index (χ2n) is 7.74. The molecule has 0 saturated carbocycles. The molecule has 0 bridgehead atoms. The molecule has 0 aromatic heterocycles. The fraction of sp³-hybridized carbons (Fsp3) is 0.700. The number of aliphatic imine (C=N–C) groups is 1. The largest absolute Gasteiger partial charge is 0.481 e. The van der Waals surface area contributed by atoms with Gasteiger partial charge in [0.2, 0.25) is 17.7 Å². The van der Waals surface area contributed by atoms with Crippen molar-refractivity contribution in [2.45, 2.75) is 56.3 Å². The van der Waals surface area contributed by atoms with Crippen molar-refractivity contribution in [3.8, 4) is 0 Å². The summed E-state index contributed by atoms with van der Waals surface area (Å²) in [6.07, 6.45) is 3.61. The van der Waals surface area contributed by atoms with Gasteiger partial charge in [-0.25, -0.2) is 4.79 Å². The molecule has 0 fully saturated rings. The molecule has 16 heteroatoms. The average molecular weight is 552 g/mol. The molecular formula is C20H37N7O7S2. The summed E-state index contributed by atoms with van der Waals surface area (Å²) < 4.78 is 0. The predicted octanol–water partition coefficient (Wildman–Crippen LogP) is -2.11. The average Bonchev–Trinajstić information content (AvgIpc) is 2.80. The molecule has 4 atom stereocenters. The molecule has 0 spiro atoms. The predicted molar refractivity (Wildman–Crippen MR) is 140 cm³/mol. The van der Waals surface area contributed by atoms with Crippen LogP contribution in [0.15, 0.2) is 4.99 Å². The van der Waals surface area contributed by atoms with Gasteiger partial charge in [0.15, 0.2) is 5.96 Å². The lowest BCUT2D eigenvalue weighted by molar-refractivity contribution is -0.143. The van der Waals surface area contributed by atoms with Gasteiger partial charge in [-0.05, 0) is 49.7 Å². The first kappa shape index (κ1) is 33.3. The normalized spacial score (nSPS) is 14.0. The third-order valence-electron chi connectivity index (χ3n) is 4.78. The molecule has 14 nitrogen and oxygen atoms in total. The van der Waals surface area contributed by atoms with Crippen LogP contribution in [0, 0.1) is 0 Å². The fourth-order valence-electron chi connectivity index (χ4n) is 2.85. The molecule has 206 valence electrons. The number of thioether (sulfide) groups is 2. The molecule has 11 N–H and O–H groups in total. The van der Waals surface area contributed by atoms with Crippen LogP contribution in [0.25, 0.3) is 0 Å². The Hall–Kier alpha value is -2.72. The lowest BCUT2D eigenvalue weighted by Crippen LogP contribution is -2.57. The molecule has 36 heavy (non-hydrogen) atoms. The van der Waals surface area contributed by atoms with E-state index in [0.717, 1.165) is 0 Å². The number of nitrogens with zero attached hydrogens (tertiary/aromatic N) is 1. The molecule has 0 saturated heterocycles. The Morgan fingerprint density at radius 2 is 1.33 bits per heavy atom. The summed E-state index contributed by atoms with van der Waals surface area (Å²) in [5.41, 5.74) is 16.4. The Balaban J connectivity index is 5.58. The Labute approximate surface area is 218 Å². The van der Waals surface area contributed by atoms with Gasteiger partial charge >= 0.3 is 11.9 Å². The number of aliphatic carboxylic acids is 2. The van der Waals surface area contributed by atoms with Gasteiger partial charge in [-0.1, -0.05) is 0 Å². The molecule has 4 unspecified atom stereocenters. The van der Waals surface area contributed by atoms with E-state index in [-0.39, 0.29) is 31.8 Å². The zero-order valence-electron chi connectivity index (χ0n) is 20.4. The molecule has 3 amide bonds. The van der Waals surface area contributed by atoms with E-state index in [1.54, 1.807) is 6.26 Å². The van der Waals surface area contributed by atoms with Gasteiger partial charge in [0.25, 0.3) is 0 Å². The highest BCUT2D eigenvalue weighted by Crippen LogP contribution is 2.06. The maximum absolute atomic E-state index is 12.9. The maximum Gasteiger partial charge on any atom is 0.326 e. The molecule has 0 aromatic carbocycles.